The van der Waals surface area contributed by atoms with Crippen LogP contribution in [-0.4, -0.2) is 29.4 Å². The highest BCUT2D eigenvalue weighted by Gasteiger charge is 2.19. The van der Waals surface area contributed by atoms with Gasteiger partial charge in [-0.05, 0) is 30.0 Å². The first-order chi connectivity index (χ1) is 11.2. The predicted molar refractivity (Wildman–Crippen MR) is 101 cm³/mol. The van der Waals surface area contributed by atoms with Crippen LogP contribution in [0.2, 0.25) is 0 Å². The summed E-state index contributed by atoms with van der Waals surface area (Å²) in [5, 5.41) is 5.85. The largest absolute Gasteiger partial charge is 0.301 e. The van der Waals surface area contributed by atoms with E-state index in [0.717, 1.165) is 36.0 Å². The molecule has 0 spiro atoms. The topological polar surface area (TPSA) is 45.2 Å². The van der Waals surface area contributed by atoms with Gasteiger partial charge in [-0.2, -0.15) is 0 Å². The average Bonchev–Trinajstić information content (AvgIpc) is 2.95. The number of carbonyl (C=O) groups excluding carboxylic acids is 1. The number of benzene rings is 2. The second kappa shape index (κ2) is 6.89. The number of fused-ring (bicyclic) bond motifs is 2. The summed E-state index contributed by atoms with van der Waals surface area (Å²) in [5.41, 5.74) is 1.79. The Labute approximate surface area is 150 Å². The molecule has 0 fully saturated rings. The van der Waals surface area contributed by atoms with E-state index in [1.807, 2.05) is 42.5 Å². The van der Waals surface area contributed by atoms with Crippen LogP contribution in [0.4, 0.5) is 5.13 Å². The summed E-state index contributed by atoms with van der Waals surface area (Å²) in [4.78, 5) is 20.6. The first-order valence-electron chi connectivity index (χ1n) is 7.66. The highest BCUT2D eigenvalue weighted by atomic mass is 35.5. The second-order valence-electron chi connectivity index (χ2n) is 5.89. The SMILES string of the molecule is CN1CCc2nc(NC(=O)c3ccc4ccccc4c3)sc2C1.Cl. The number of aromatic nitrogens is 1. The number of thiazole rings is 1. The number of carbonyl (C=O) groups is 1. The van der Waals surface area contributed by atoms with Gasteiger partial charge in [0.05, 0.1) is 5.69 Å². The number of hydrogen-bond acceptors (Lipinski definition) is 4. The molecule has 4 nitrogen and oxygen atoms in total. The summed E-state index contributed by atoms with van der Waals surface area (Å²) in [7, 11) is 2.11. The van der Waals surface area contributed by atoms with Crippen LogP contribution in [0.5, 0.6) is 0 Å². The summed E-state index contributed by atoms with van der Waals surface area (Å²) < 4.78 is 0. The first kappa shape index (κ1) is 16.9. The summed E-state index contributed by atoms with van der Waals surface area (Å²) in [6.45, 7) is 1.94. The molecule has 1 amide bonds. The summed E-state index contributed by atoms with van der Waals surface area (Å²) in [6, 6.07) is 13.8. The monoisotopic (exact) mass is 359 g/mol. The van der Waals surface area contributed by atoms with Crippen LogP contribution in [0.1, 0.15) is 20.9 Å². The Bertz CT molecular complexity index is 893. The molecule has 0 saturated carbocycles. The predicted octanol–water partition coefficient (Wildman–Crippen LogP) is 3.96. The van der Waals surface area contributed by atoms with Crippen LogP contribution >= 0.6 is 23.7 Å². The van der Waals surface area contributed by atoms with Gasteiger partial charge in [-0.15, -0.1) is 23.7 Å². The quantitative estimate of drug-likeness (QED) is 0.753. The standard InChI is InChI=1S/C18H17N3OS.ClH/c1-21-9-8-15-16(11-21)23-18(19-15)20-17(22)14-7-6-12-4-2-3-5-13(12)10-14;/h2-7,10H,8-9,11H2,1H3,(H,19,20,22);1H. The fourth-order valence-corrected chi connectivity index (χ4v) is 3.96. The van der Waals surface area contributed by atoms with E-state index in [9.17, 15) is 4.79 Å². The molecule has 2 heterocycles. The van der Waals surface area contributed by atoms with Gasteiger partial charge in [0.2, 0.25) is 0 Å². The van der Waals surface area contributed by atoms with Crippen LogP contribution in [-0.2, 0) is 13.0 Å². The van der Waals surface area contributed by atoms with Crippen molar-refractivity contribution >= 4 is 45.6 Å². The van der Waals surface area contributed by atoms with Crippen molar-refractivity contribution < 1.29 is 4.79 Å². The highest BCUT2D eigenvalue weighted by Crippen LogP contribution is 2.28. The average molecular weight is 360 g/mol. The fraction of sp³-hybridized carbons (Fsp3) is 0.222. The van der Waals surface area contributed by atoms with Gasteiger partial charge in [0.25, 0.3) is 5.91 Å². The second-order valence-corrected chi connectivity index (χ2v) is 6.98. The number of nitrogens with one attached hydrogen (secondary N) is 1. The molecule has 4 rings (SSSR count). The zero-order valence-corrected chi connectivity index (χ0v) is 14.9. The van der Waals surface area contributed by atoms with Crippen molar-refractivity contribution in [3.8, 4) is 0 Å². The minimum absolute atomic E-state index is 0. The van der Waals surface area contributed by atoms with Gasteiger partial charge in [0.15, 0.2) is 5.13 Å². The fourth-order valence-electron chi connectivity index (χ4n) is 2.88. The Morgan fingerprint density at radius 1 is 1.21 bits per heavy atom. The van der Waals surface area contributed by atoms with Gasteiger partial charge in [0, 0.05) is 30.0 Å². The molecule has 0 radical (unpaired) electrons. The van der Waals surface area contributed by atoms with Crippen LogP contribution < -0.4 is 5.32 Å². The molecule has 2 aromatic carbocycles. The van der Waals surface area contributed by atoms with Crippen molar-refractivity contribution in [1.82, 2.24) is 9.88 Å². The zero-order valence-electron chi connectivity index (χ0n) is 13.3. The first-order valence-corrected chi connectivity index (χ1v) is 8.48. The third-order valence-corrected chi connectivity index (χ3v) is 5.15. The number of anilines is 1. The minimum atomic E-state index is -0.102. The van der Waals surface area contributed by atoms with E-state index in [4.69, 9.17) is 0 Å². The van der Waals surface area contributed by atoms with E-state index in [1.165, 1.54) is 4.88 Å². The molecule has 0 atom stereocenters. The molecule has 24 heavy (non-hydrogen) atoms. The maximum Gasteiger partial charge on any atom is 0.257 e. The molecule has 3 aromatic rings. The smallest absolute Gasteiger partial charge is 0.257 e. The molecular formula is C18H18ClN3OS. The Morgan fingerprint density at radius 3 is 2.83 bits per heavy atom. The van der Waals surface area contributed by atoms with Crippen LogP contribution in [0, 0.1) is 0 Å². The van der Waals surface area contributed by atoms with Gasteiger partial charge >= 0.3 is 0 Å². The van der Waals surface area contributed by atoms with Crippen molar-refractivity contribution in [1.29, 1.82) is 0 Å². The van der Waals surface area contributed by atoms with Crippen molar-refractivity contribution in [3.05, 3.63) is 58.6 Å². The molecule has 0 unspecified atom stereocenters. The maximum atomic E-state index is 12.5. The number of amides is 1. The Morgan fingerprint density at radius 2 is 2.00 bits per heavy atom. The Hall–Kier alpha value is -1.95. The lowest BCUT2D eigenvalue weighted by Crippen LogP contribution is -2.25. The number of rotatable bonds is 2. The third kappa shape index (κ3) is 3.29. The summed E-state index contributed by atoms with van der Waals surface area (Å²) in [6.07, 6.45) is 0.953. The Balaban J connectivity index is 0.00000169. The van der Waals surface area contributed by atoms with E-state index in [-0.39, 0.29) is 18.3 Å². The van der Waals surface area contributed by atoms with Gasteiger partial charge in [0.1, 0.15) is 0 Å². The highest BCUT2D eigenvalue weighted by molar-refractivity contribution is 7.15. The van der Waals surface area contributed by atoms with Crippen LogP contribution in [0.15, 0.2) is 42.5 Å². The lowest BCUT2D eigenvalue weighted by molar-refractivity contribution is 0.102. The molecule has 1 aromatic heterocycles. The molecule has 0 aliphatic carbocycles. The van der Waals surface area contributed by atoms with Crippen LogP contribution in [0.3, 0.4) is 0 Å². The van der Waals surface area contributed by atoms with Crippen molar-refractivity contribution in [3.63, 3.8) is 0 Å². The van der Waals surface area contributed by atoms with Gasteiger partial charge in [-0.25, -0.2) is 4.98 Å². The lowest BCUT2D eigenvalue weighted by Gasteiger charge is -2.20. The van der Waals surface area contributed by atoms with Crippen molar-refractivity contribution in [2.24, 2.45) is 0 Å². The summed E-state index contributed by atoms with van der Waals surface area (Å²) in [5.74, 6) is -0.102. The van der Waals surface area contributed by atoms with Crippen molar-refractivity contribution in [2.45, 2.75) is 13.0 Å². The van der Waals surface area contributed by atoms with Gasteiger partial charge < -0.3 is 4.90 Å². The van der Waals surface area contributed by atoms with E-state index in [2.05, 4.69) is 22.2 Å². The molecule has 0 saturated heterocycles. The third-order valence-electron chi connectivity index (χ3n) is 4.15. The van der Waals surface area contributed by atoms with Gasteiger partial charge in [-0.3, -0.25) is 10.1 Å². The number of hydrogen-bond donors (Lipinski definition) is 1. The minimum Gasteiger partial charge on any atom is -0.301 e. The molecule has 6 heteroatoms. The van der Waals surface area contributed by atoms with E-state index < -0.39 is 0 Å². The van der Waals surface area contributed by atoms with E-state index >= 15 is 0 Å². The molecule has 1 aliphatic heterocycles. The van der Waals surface area contributed by atoms with Gasteiger partial charge in [-0.1, -0.05) is 30.3 Å². The van der Waals surface area contributed by atoms with E-state index in [0.29, 0.717) is 10.7 Å². The summed E-state index contributed by atoms with van der Waals surface area (Å²) >= 11 is 1.58. The number of halogens is 1. The van der Waals surface area contributed by atoms with E-state index in [1.54, 1.807) is 11.3 Å². The Kier molecular flexibility index (Phi) is 4.85. The molecule has 1 N–H and O–H groups in total. The number of likely N-dealkylation sites (N-methyl/N-ethyl adjacent to an activating group) is 1. The number of nitrogens with zero attached hydrogens (tertiary/aromatic N) is 2. The molecular weight excluding hydrogens is 342 g/mol. The maximum absolute atomic E-state index is 12.5. The van der Waals surface area contributed by atoms with Crippen molar-refractivity contribution in [2.75, 3.05) is 18.9 Å². The zero-order chi connectivity index (χ0) is 15.8. The normalized spacial score (nSPS) is 14.0. The lowest BCUT2D eigenvalue weighted by atomic mass is 10.1. The molecule has 0 bridgehead atoms. The van der Waals surface area contributed by atoms with Crippen LogP contribution in [0.25, 0.3) is 10.8 Å². The molecule has 124 valence electrons. The molecule has 1 aliphatic rings.